The van der Waals surface area contributed by atoms with Crippen LogP contribution in [0.2, 0.25) is 0 Å². The minimum Gasteiger partial charge on any atom is -0.275 e. The Morgan fingerprint density at radius 3 is 2.62 bits per heavy atom. The van der Waals surface area contributed by atoms with Gasteiger partial charge in [0.15, 0.2) is 5.03 Å². The maximum absolute atomic E-state index is 13.2. The van der Waals surface area contributed by atoms with Crippen molar-refractivity contribution in [3.8, 4) is 0 Å². The standard InChI is InChI=1S/C9H8FN3O2S/c10-7-3-1-2-4-8(7)13-16(14,15)9-5-6-11-12-9/h1-6,13H,(H,11,12). The third-order valence-electron chi connectivity index (χ3n) is 1.88. The van der Waals surface area contributed by atoms with Gasteiger partial charge in [-0.25, -0.2) is 4.39 Å². The van der Waals surface area contributed by atoms with Gasteiger partial charge in [-0.2, -0.15) is 13.5 Å². The lowest BCUT2D eigenvalue weighted by Crippen LogP contribution is -2.14. The molecule has 1 heterocycles. The Kier molecular flexibility index (Phi) is 2.61. The summed E-state index contributed by atoms with van der Waals surface area (Å²) in [6.45, 7) is 0. The summed E-state index contributed by atoms with van der Waals surface area (Å²) in [5.74, 6) is -0.634. The Morgan fingerprint density at radius 2 is 2.00 bits per heavy atom. The van der Waals surface area contributed by atoms with Crippen molar-refractivity contribution >= 4 is 15.7 Å². The lowest BCUT2D eigenvalue weighted by atomic mass is 10.3. The number of hydrogen-bond acceptors (Lipinski definition) is 3. The second-order valence-corrected chi connectivity index (χ2v) is 4.66. The van der Waals surface area contributed by atoms with Crippen LogP contribution in [-0.4, -0.2) is 18.6 Å². The van der Waals surface area contributed by atoms with E-state index in [1.54, 1.807) is 0 Å². The highest BCUT2D eigenvalue weighted by Gasteiger charge is 2.16. The second-order valence-electron chi connectivity index (χ2n) is 3.01. The summed E-state index contributed by atoms with van der Waals surface area (Å²) in [5.41, 5.74) is -0.0999. The van der Waals surface area contributed by atoms with Crippen molar-refractivity contribution < 1.29 is 12.8 Å². The molecular weight excluding hydrogens is 233 g/mol. The number of rotatable bonds is 3. The Bertz CT molecular complexity index is 581. The predicted octanol–water partition coefficient (Wildman–Crippen LogP) is 1.35. The van der Waals surface area contributed by atoms with Crippen molar-refractivity contribution in [3.63, 3.8) is 0 Å². The molecule has 0 radical (unpaired) electrons. The first-order chi connectivity index (χ1) is 7.59. The summed E-state index contributed by atoms with van der Waals surface area (Å²) < 4.78 is 38.7. The van der Waals surface area contributed by atoms with E-state index >= 15 is 0 Å². The van der Waals surface area contributed by atoms with E-state index in [-0.39, 0.29) is 10.7 Å². The van der Waals surface area contributed by atoms with E-state index in [4.69, 9.17) is 0 Å². The van der Waals surface area contributed by atoms with Crippen molar-refractivity contribution in [1.82, 2.24) is 10.2 Å². The largest absolute Gasteiger partial charge is 0.278 e. The molecule has 84 valence electrons. The Morgan fingerprint density at radius 1 is 1.25 bits per heavy atom. The molecule has 5 nitrogen and oxygen atoms in total. The van der Waals surface area contributed by atoms with Crippen LogP contribution in [0.3, 0.4) is 0 Å². The van der Waals surface area contributed by atoms with Crippen molar-refractivity contribution in [1.29, 1.82) is 0 Å². The topological polar surface area (TPSA) is 74.8 Å². The summed E-state index contributed by atoms with van der Waals surface area (Å²) in [4.78, 5) is 0. The quantitative estimate of drug-likeness (QED) is 0.851. The number of para-hydroxylation sites is 1. The molecule has 0 spiro atoms. The predicted molar refractivity (Wildman–Crippen MR) is 55.8 cm³/mol. The van der Waals surface area contributed by atoms with E-state index in [0.29, 0.717) is 0 Å². The Balaban J connectivity index is 2.33. The lowest BCUT2D eigenvalue weighted by molar-refractivity contribution is 0.594. The molecule has 0 fully saturated rings. The average molecular weight is 241 g/mol. The van der Waals surface area contributed by atoms with E-state index in [0.717, 1.165) is 0 Å². The smallest absolute Gasteiger partial charge is 0.275 e. The van der Waals surface area contributed by atoms with Crippen LogP contribution < -0.4 is 4.72 Å². The van der Waals surface area contributed by atoms with Gasteiger partial charge in [-0.05, 0) is 18.2 Å². The third kappa shape index (κ3) is 2.03. The number of benzene rings is 1. The molecule has 0 aliphatic rings. The molecule has 7 heteroatoms. The first-order valence-electron chi connectivity index (χ1n) is 4.36. The van der Waals surface area contributed by atoms with Gasteiger partial charge in [0.05, 0.1) is 11.9 Å². The van der Waals surface area contributed by atoms with Gasteiger partial charge in [-0.15, -0.1) is 0 Å². The molecule has 0 aliphatic carbocycles. The lowest BCUT2D eigenvalue weighted by Gasteiger charge is -2.06. The van der Waals surface area contributed by atoms with Crippen LogP contribution in [0.1, 0.15) is 0 Å². The highest BCUT2D eigenvalue weighted by atomic mass is 32.2. The van der Waals surface area contributed by atoms with E-state index in [2.05, 4.69) is 14.9 Å². The number of sulfonamides is 1. The fraction of sp³-hybridized carbons (Fsp3) is 0. The number of aromatic amines is 1. The van der Waals surface area contributed by atoms with Gasteiger partial charge in [0.2, 0.25) is 0 Å². The molecule has 0 unspecified atom stereocenters. The van der Waals surface area contributed by atoms with Gasteiger partial charge in [0.25, 0.3) is 10.0 Å². The third-order valence-corrected chi connectivity index (χ3v) is 3.18. The SMILES string of the molecule is O=S(=O)(Nc1ccccc1F)c1ccn[nH]1. The fourth-order valence-electron chi connectivity index (χ4n) is 1.14. The average Bonchev–Trinajstić information content (AvgIpc) is 2.75. The van der Waals surface area contributed by atoms with Gasteiger partial charge in [-0.1, -0.05) is 12.1 Å². The molecule has 0 aliphatic heterocycles. The zero-order chi connectivity index (χ0) is 11.6. The molecule has 0 amide bonds. The summed E-state index contributed by atoms with van der Waals surface area (Å²) in [7, 11) is -3.80. The Hall–Kier alpha value is -1.89. The van der Waals surface area contributed by atoms with Crippen molar-refractivity contribution in [2.45, 2.75) is 5.03 Å². The first-order valence-corrected chi connectivity index (χ1v) is 5.84. The van der Waals surface area contributed by atoms with Crippen LogP contribution in [0.25, 0.3) is 0 Å². The van der Waals surface area contributed by atoms with Crippen LogP contribution in [0, 0.1) is 5.82 Å². The highest BCUT2D eigenvalue weighted by molar-refractivity contribution is 7.92. The number of hydrogen-bond donors (Lipinski definition) is 2. The van der Waals surface area contributed by atoms with Crippen molar-refractivity contribution in [3.05, 3.63) is 42.3 Å². The van der Waals surface area contributed by atoms with Crippen molar-refractivity contribution in [2.75, 3.05) is 4.72 Å². The van der Waals surface area contributed by atoms with E-state index < -0.39 is 15.8 Å². The number of H-pyrrole nitrogens is 1. The van der Waals surface area contributed by atoms with Gasteiger partial charge in [0.1, 0.15) is 5.82 Å². The normalized spacial score (nSPS) is 11.3. The molecule has 2 rings (SSSR count). The maximum atomic E-state index is 13.2. The molecule has 0 bridgehead atoms. The molecule has 2 N–H and O–H groups in total. The minimum absolute atomic E-state index is 0.0999. The zero-order valence-electron chi connectivity index (χ0n) is 8.01. The number of anilines is 1. The number of nitrogens with one attached hydrogen (secondary N) is 2. The molecular formula is C9H8FN3O2S. The highest BCUT2D eigenvalue weighted by Crippen LogP contribution is 2.16. The summed E-state index contributed by atoms with van der Waals surface area (Å²) in [6, 6.07) is 6.80. The van der Waals surface area contributed by atoms with Crippen LogP contribution >= 0.6 is 0 Å². The molecule has 0 saturated heterocycles. The molecule has 16 heavy (non-hydrogen) atoms. The van der Waals surface area contributed by atoms with Crippen LogP contribution in [0.4, 0.5) is 10.1 Å². The number of nitrogens with zero attached hydrogens (tertiary/aromatic N) is 1. The fourth-order valence-corrected chi connectivity index (χ4v) is 2.11. The first kappa shape index (κ1) is 10.6. The van der Waals surface area contributed by atoms with E-state index in [9.17, 15) is 12.8 Å². The van der Waals surface area contributed by atoms with Gasteiger partial charge in [-0.3, -0.25) is 9.82 Å². The summed E-state index contributed by atoms with van der Waals surface area (Å²) >= 11 is 0. The second kappa shape index (κ2) is 3.93. The Labute approximate surface area is 91.4 Å². The van der Waals surface area contributed by atoms with Gasteiger partial charge >= 0.3 is 0 Å². The van der Waals surface area contributed by atoms with Crippen LogP contribution in [0.15, 0.2) is 41.6 Å². The van der Waals surface area contributed by atoms with E-state index in [1.165, 1.54) is 36.5 Å². The van der Waals surface area contributed by atoms with Crippen LogP contribution in [0.5, 0.6) is 0 Å². The number of aromatic nitrogens is 2. The summed E-state index contributed by atoms with van der Waals surface area (Å²) in [6.07, 6.45) is 1.30. The molecule has 2 aromatic rings. The van der Waals surface area contributed by atoms with Gasteiger partial charge < -0.3 is 0 Å². The molecule has 1 aromatic carbocycles. The zero-order valence-corrected chi connectivity index (χ0v) is 8.83. The monoisotopic (exact) mass is 241 g/mol. The molecule has 0 atom stereocenters. The summed E-state index contributed by atoms with van der Waals surface area (Å²) in [5, 5.41) is 5.69. The van der Waals surface area contributed by atoms with Crippen LogP contribution in [-0.2, 0) is 10.0 Å². The van der Waals surface area contributed by atoms with Crippen molar-refractivity contribution in [2.24, 2.45) is 0 Å². The van der Waals surface area contributed by atoms with Gasteiger partial charge in [0, 0.05) is 0 Å². The molecule has 0 saturated carbocycles. The minimum atomic E-state index is -3.80. The maximum Gasteiger partial charge on any atom is 0.278 e. The van der Waals surface area contributed by atoms with E-state index in [1.807, 2.05) is 0 Å². The number of halogens is 1. The molecule has 1 aromatic heterocycles.